The highest BCUT2D eigenvalue weighted by molar-refractivity contribution is 5.89. The van der Waals surface area contributed by atoms with Gasteiger partial charge in [0.25, 0.3) is 0 Å². The van der Waals surface area contributed by atoms with Crippen LogP contribution in [0.1, 0.15) is 80.9 Å². The minimum absolute atomic E-state index is 0.206. The summed E-state index contributed by atoms with van der Waals surface area (Å²) in [4.78, 5) is 37.9. The number of carbonyl (C=O) groups is 1. The van der Waals surface area contributed by atoms with Gasteiger partial charge in [-0.15, -0.1) is 0 Å². The first-order chi connectivity index (χ1) is 24.6. The van der Waals surface area contributed by atoms with Crippen LogP contribution in [0.25, 0.3) is 0 Å². The molecule has 0 saturated carbocycles. The molecule has 51 heavy (non-hydrogen) atoms. The van der Waals surface area contributed by atoms with Crippen molar-refractivity contribution in [1.29, 1.82) is 0 Å². The number of benzene rings is 4. The number of aromatic carboxylic acids is 1. The lowest BCUT2D eigenvalue weighted by Crippen LogP contribution is -2.07. The molecular weight excluding hydrogens is 637 g/mol. The molecule has 10 heteroatoms. The summed E-state index contributed by atoms with van der Waals surface area (Å²) < 4.78 is 0. The van der Waals surface area contributed by atoms with Crippen LogP contribution >= 0.6 is 0 Å². The Morgan fingerprint density at radius 1 is 0.569 bits per heavy atom. The maximum absolute atomic E-state index is 11.1. The Balaban J connectivity index is 0.000000198. The number of carboxylic acid groups (broad SMARTS) is 1. The van der Waals surface area contributed by atoms with Crippen molar-refractivity contribution in [2.24, 2.45) is 0 Å². The number of aryl methyl sites for hydroxylation is 6. The standard InChI is InChI=1S/C21H24N4.C20H20N4O2/c1-5-17-10-7-11-18(12-17)13-19-22-16(4)23-21(24-19)25-20-14(2)8-6-9-15(20)3;1-3-14-6-4-7-15(10-14)11-18-21-13(2)22-20(24-18)23-17-9-5-8-16(12-17)19(25)26/h6-12H,5,13H2,1-4H3,(H,22,23,24,25);4-10,12H,3,11H2,1-2H3,(H,25,26)(H,21,22,23,24). The van der Waals surface area contributed by atoms with Crippen molar-refractivity contribution in [2.45, 2.75) is 67.2 Å². The van der Waals surface area contributed by atoms with E-state index >= 15 is 0 Å². The van der Waals surface area contributed by atoms with Crippen LogP contribution in [0.3, 0.4) is 0 Å². The van der Waals surface area contributed by atoms with Crippen molar-refractivity contribution in [1.82, 2.24) is 29.9 Å². The molecule has 0 atom stereocenters. The van der Waals surface area contributed by atoms with E-state index in [1.54, 1.807) is 18.2 Å². The van der Waals surface area contributed by atoms with Gasteiger partial charge in [-0.25, -0.2) is 14.8 Å². The Bertz CT molecular complexity index is 2110. The lowest BCUT2D eigenvalue weighted by Gasteiger charge is -2.12. The smallest absolute Gasteiger partial charge is 0.335 e. The Morgan fingerprint density at radius 3 is 1.55 bits per heavy atom. The first-order valence-corrected chi connectivity index (χ1v) is 17.1. The van der Waals surface area contributed by atoms with E-state index in [0.717, 1.165) is 35.7 Å². The molecule has 2 aromatic heterocycles. The molecule has 10 nitrogen and oxygen atoms in total. The summed E-state index contributed by atoms with van der Waals surface area (Å²) in [5.41, 5.74) is 9.22. The summed E-state index contributed by atoms with van der Waals surface area (Å²) in [6.07, 6.45) is 3.33. The Labute approximate surface area is 299 Å². The first kappa shape index (κ1) is 36.3. The Kier molecular flexibility index (Phi) is 12.1. The van der Waals surface area contributed by atoms with E-state index in [1.165, 1.54) is 33.9 Å². The van der Waals surface area contributed by atoms with Crippen LogP contribution in [-0.4, -0.2) is 41.0 Å². The number of hydrogen-bond acceptors (Lipinski definition) is 9. The van der Waals surface area contributed by atoms with Crippen LogP contribution in [0.4, 0.5) is 23.3 Å². The predicted octanol–water partition coefficient (Wildman–Crippen LogP) is 8.47. The molecule has 0 unspecified atom stereocenters. The highest BCUT2D eigenvalue weighted by Gasteiger charge is 2.10. The van der Waals surface area contributed by atoms with Gasteiger partial charge in [0, 0.05) is 24.2 Å². The number of carboxylic acids is 1. The van der Waals surface area contributed by atoms with Gasteiger partial charge < -0.3 is 15.7 Å². The minimum atomic E-state index is -0.975. The van der Waals surface area contributed by atoms with Gasteiger partial charge in [-0.2, -0.15) is 19.9 Å². The molecule has 0 aliphatic rings. The molecule has 2 heterocycles. The van der Waals surface area contributed by atoms with E-state index < -0.39 is 5.97 Å². The molecule has 0 aliphatic carbocycles. The highest BCUT2D eigenvalue weighted by atomic mass is 16.4. The van der Waals surface area contributed by atoms with E-state index in [4.69, 9.17) is 5.11 Å². The molecule has 0 bridgehead atoms. The molecule has 260 valence electrons. The lowest BCUT2D eigenvalue weighted by atomic mass is 10.1. The van der Waals surface area contributed by atoms with E-state index in [9.17, 15) is 4.79 Å². The van der Waals surface area contributed by atoms with E-state index in [0.29, 0.717) is 42.1 Å². The van der Waals surface area contributed by atoms with Crippen LogP contribution in [0, 0.1) is 27.7 Å². The van der Waals surface area contributed by atoms with Crippen molar-refractivity contribution >= 4 is 29.2 Å². The van der Waals surface area contributed by atoms with Crippen LogP contribution in [0.15, 0.2) is 91.0 Å². The molecule has 0 radical (unpaired) electrons. The third-order valence-corrected chi connectivity index (χ3v) is 8.19. The molecule has 0 fully saturated rings. The summed E-state index contributed by atoms with van der Waals surface area (Å²) >= 11 is 0. The number of hydrogen-bond donors (Lipinski definition) is 3. The number of nitrogens with zero attached hydrogens (tertiary/aromatic N) is 6. The minimum Gasteiger partial charge on any atom is -0.478 e. The Hall–Kier alpha value is -6.03. The topological polar surface area (TPSA) is 139 Å². The summed E-state index contributed by atoms with van der Waals surface area (Å²) in [5, 5.41) is 15.5. The number of nitrogens with one attached hydrogen (secondary N) is 2. The van der Waals surface area contributed by atoms with Crippen LogP contribution < -0.4 is 10.6 Å². The SMILES string of the molecule is CCc1cccc(Cc2nc(C)nc(Nc3c(C)cccc3C)n2)c1.CCc1cccc(Cc2nc(C)nc(Nc3cccc(C(=O)O)c3)n2)c1. The molecule has 0 saturated heterocycles. The average molecular weight is 681 g/mol. The number of aromatic nitrogens is 6. The summed E-state index contributed by atoms with van der Waals surface area (Å²) in [6.45, 7) is 12.2. The third kappa shape index (κ3) is 10.5. The van der Waals surface area contributed by atoms with Gasteiger partial charge >= 0.3 is 5.97 Å². The normalized spacial score (nSPS) is 10.6. The van der Waals surface area contributed by atoms with Crippen molar-refractivity contribution < 1.29 is 9.90 Å². The maximum Gasteiger partial charge on any atom is 0.335 e. The summed E-state index contributed by atoms with van der Waals surface area (Å²) in [5.74, 6) is 2.83. The van der Waals surface area contributed by atoms with Gasteiger partial charge in [-0.1, -0.05) is 86.6 Å². The van der Waals surface area contributed by atoms with Gasteiger partial charge in [0.1, 0.15) is 23.3 Å². The molecule has 6 aromatic rings. The van der Waals surface area contributed by atoms with Crippen molar-refractivity contribution in [3.05, 3.63) is 153 Å². The highest BCUT2D eigenvalue weighted by Crippen LogP contribution is 2.23. The quantitative estimate of drug-likeness (QED) is 0.122. The lowest BCUT2D eigenvalue weighted by molar-refractivity contribution is 0.0697. The molecule has 0 spiro atoms. The second-order valence-corrected chi connectivity index (χ2v) is 12.3. The molecule has 3 N–H and O–H groups in total. The van der Waals surface area contributed by atoms with Gasteiger partial charge in [-0.3, -0.25) is 0 Å². The van der Waals surface area contributed by atoms with Gasteiger partial charge in [0.2, 0.25) is 11.9 Å². The van der Waals surface area contributed by atoms with Crippen LogP contribution in [-0.2, 0) is 25.7 Å². The first-order valence-electron chi connectivity index (χ1n) is 17.1. The molecule has 0 amide bonds. The van der Waals surface area contributed by atoms with Gasteiger partial charge in [0.05, 0.1) is 5.56 Å². The largest absolute Gasteiger partial charge is 0.478 e. The van der Waals surface area contributed by atoms with E-state index in [1.807, 2.05) is 19.9 Å². The monoisotopic (exact) mass is 680 g/mol. The van der Waals surface area contributed by atoms with Crippen LogP contribution in [0.2, 0.25) is 0 Å². The summed E-state index contributed by atoms with van der Waals surface area (Å²) in [7, 11) is 0. The maximum atomic E-state index is 11.1. The second kappa shape index (κ2) is 17.1. The van der Waals surface area contributed by atoms with Crippen molar-refractivity contribution in [3.63, 3.8) is 0 Å². The number of anilines is 4. The predicted molar refractivity (Wildman–Crippen MR) is 202 cm³/mol. The zero-order chi connectivity index (χ0) is 36.3. The van der Waals surface area contributed by atoms with Crippen molar-refractivity contribution in [2.75, 3.05) is 10.6 Å². The fourth-order valence-corrected chi connectivity index (χ4v) is 5.61. The average Bonchev–Trinajstić information content (AvgIpc) is 3.10. The Morgan fingerprint density at radius 2 is 1.04 bits per heavy atom. The molecule has 6 rings (SSSR count). The van der Waals surface area contributed by atoms with Gasteiger partial charge in [-0.05, 0) is 92.1 Å². The zero-order valence-corrected chi connectivity index (χ0v) is 30.0. The van der Waals surface area contributed by atoms with E-state index in [2.05, 4.69) is 129 Å². The molecular formula is C41H44N8O2. The summed E-state index contributed by atoms with van der Waals surface area (Å²) in [6, 6.07) is 29.7. The third-order valence-electron chi connectivity index (χ3n) is 8.19. The molecule has 0 aliphatic heterocycles. The van der Waals surface area contributed by atoms with Gasteiger partial charge in [0.15, 0.2) is 0 Å². The second-order valence-electron chi connectivity index (χ2n) is 12.3. The fraction of sp³-hybridized carbons (Fsp3) is 0.244. The zero-order valence-electron chi connectivity index (χ0n) is 30.0. The number of rotatable bonds is 11. The molecule has 4 aromatic carbocycles. The number of para-hydroxylation sites is 1. The fourth-order valence-electron chi connectivity index (χ4n) is 5.61. The van der Waals surface area contributed by atoms with Crippen molar-refractivity contribution in [3.8, 4) is 0 Å². The van der Waals surface area contributed by atoms with E-state index in [-0.39, 0.29) is 5.56 Å². The van der Waals surface area contributed by atoms with Crippen LogP contribution in [0.5, 0.6) is 0 Å².